The van der Waals surface area contributed by atoms with Gasteiger partial charge < -0.3 is 5.11 Å². The Morgan fingerprint density at radius 1 is 1.47 bits per heavy atom. The first-order valence-corrected chi connectivity index (χ1v) is 6.72. The number of hydrogen-bond acceptors (Lipinski definition) is 6. The second-order valence-electron chi connectivity index (χ2n) is 3.89. The zero-order valence-corrected chi connectivity index (χ0v) is 11.5. The lowest BCUT2D eigenvalue weighted by atomic mass is 10.4. The van der Waals surface area contributed by atoms with Gasteiger partial charge >= 0.3 is 5.97 Å². The second kappa shape index (κ2) is 5.83. The summed E-state index contributed by atoms with van der Waals surface area (Å²) in [7, 11) is 0. The van der Waals surface area contributed by atoms with Crippen molar-refractivity contribution in [3.8, 4) is 0 Å². The number of carbonyl (C=O) groups is 1. The molecule has 0 aliphatic carbocycles. The van der Waals surface area contributed by atoms with E-state index >= 15 is 0 Å². The fraction of sp³-hybridized carbons (Fsp3) is 0.500. The maximum absolute atomic E-state index is 10.7. The van der Waals surface area contributed by atoms with Crippen molar-refractivity contribution >= 4 is 17.7 Å². The molecular formula is C10H14N6O2S. The van der Waals surface area contributed by atoms with Crippen molar-refractivity contribution < 1.29 is 9.90 Å². The molecule has 0 saturated heterocycles. The fourth-order valence-electron chi connectivity index (χ4n) is 1.65. The maximum Gasteiger partial charge on any atom is 0.325 e. The van der Waals surface area contributed by atoms with E-state index in [9.17, 15) is 4.79 Å². The molecule has 2 aromatic heterocycles. The number of hydrogen-bond donors (Lipinski definition) is 1. The Kier molecular flexibility index (Phi) is 4.15. The van der Waals surface area contributed by atoms with Crippen LogP contribution in [-0.2, 0) is 23.6 Å². The van der Waals surface area contributed by atoms with E-state index in [2.05, 4.69) is 20.6 Å². The monoisotopic (exact) mass is 282 g/mol. The highest BCUT2D eigenvalue weighted by Crippen LogP contribution is 2.20. The van der Waals surface area contributed by atoms with E-state index in [1.165, 1.54) is 16.4 Å². The normalized spacial score (nSPS) is 10.8. The minimum absolute atomic E-state index is 0.235. The van der Waals surface area contributed by atoms with Gasteiger partial charge in [0.25, 0.3) is 0 Å². The fourth-order valence-corrected chi connectivity index (χ4v) is 2.51. The van der Waals surface area contributed by atoms with Gasteiger partial charge in [0.15, 0.2) is 0 Å². The lowest BCUT2D eigenvalue weighted by molar-refractivity contribution is -0.138. The number of rotatable bonds is 6. The summed E-state index contributed by atoms with van der Waals surface area (Å²) < 4.78 is 3.18. The summed E-state index contributed by atoms with van der Waals surface area (Å²) in [6, 6.07) is 2.00. The highest BCUT2D eigenvalue weighted by molar-refractivity contribution is 7.98. The molecule has 19 heavy (non-hydrogen) atoms. The molecule has 102 valence electrons. The van der Waals surface area contributed by atoms with Gasteiger partial charge in [-0.2, -0.15) is 5.10 Å². The number of nitrogens with zero attached hydrogens (tertiary/aromatic N) is 6. The van der Waals surface area contributed by atoms with Crippen LogP contribution in [0.2, 0.25) is 0 Å². The summed E-state index contributed by atoms with van der Waals surface area (Å²) in [6.45, 7) is 4.52. The average Bonchev–Trinajstić information content (AvgIpc) is 2.92. The van der Waals surface area contributed by atoms with Crippen LogP contribution in [0.25, 0.3) is 0 Å². The number of aryl methyl sites for hydroxylation is 2. The molecule has 0 aliphatic heterocycles. The van der Waals surface area contributed by atoms with Crippen LogP contribution >= 0.6 is 11.8 Å². The molecule has 2 heterocycles. The van der Waals surface area contributed by atoms with Gasteiger partial charge in [-0.15, -0.1) is 5.10 Å². The number of carboxylic acid groups (broad SMARTS) is 1. The van der Waals surface area contributed by atoms with Gasteiger partial charge in [-0.25, -0.2) is 4.68 Å². The Hall–Kier alpha value is -1.90. The lowest BCUT2D eigenvalue weighted by Crippen LogP contribution is -2.11. The van der Waals surface area contributed by atoms with Gasteiger partial charge in [-0.1, -0.05) is 11.8 Å². The van der Waals surface area contributed by atoms with Crippen LogP contribution in [0.4, 0.5) is 0 Å². The second-order valence-corrected chi connectivity index (χ2v) is 4.84. The van der Waals surface area contributed by atoms with Crippen LogP contribution in [0.15, 0.2) is 11.2 Å². The smallest absolute Gasteiger partial charge is 0.325 e. The average molecular weight is 282 g/mol. The molecule has 0 aromatic carbocycles. The molecule has 0 fully saturated rings. The van der Waals surface area contributed by atoms with Crippen molar-refractivity contribution in [3.63, 3.8) is 0 Å². The van der Waals surface area contributed by atoms with Crippen LogP contribution < -0.4 is 0 Å². The Labute approximate surface area is 113 Å². The van der Waals surface area contributed by atoms with Gasteiger partial charge in [0.05, 0.1) is 5.69 Å². The van der Waals surface area contributed by atoms with Crippen molar-refractivity contribution in [2.45, 2.75) is 37.8 Å². The number of aromatic nitrogens is 6. The van der Waals surface area contributed by atoms with Crippen molar-refractivity contribution in [2.75, 3.05) is 0 Å². The zero-order chi connectivity index (χ0) is 13.8. The minimum Gasteiger partial charge on any atom is -0.480 e. The minimum atomic E-state index is -0.969. The highest BCUT2D eigenvalue weighted by Gasteiger charge is 2.12. The summed E-state index contributed by atoms with van der Waals surface area (Å²) in [5.41, 5.74) is 2.03. The van der Waals surface area contributed by atoms with Crippen LogP contribution in [0, 0.1) is 6.92 Å². The zero-order valence-electron chi connectivity index (χ0n) is 10.6. The predicted octanol–water partition coefficient (Wildman–Crippen LogP) is 0.575. The summed E-state index contributed by atoms with van der Waals surface area (Å²) in [4.78, 5) is 10.7. The molecular weight excluding hydrogens is 268 g/mol. The molecule has 0 amide bonds. The predicted molar refractivity (Wildman–Crippen MR) is 67.7 cm³/mol. The van der Waals surface area contributed by atoms with Gasteiger partial charge in [0, 0.05) is 18.0 Å². The highest BCUT2D eigenvalue weighted by atomic mass is 32.2. The standard InChI is InChI=1S/C10H14N6O2S/c1-3-15-8(4-7(2)12-15)6-19-10-11-13-14-16(10)5-9(17)18/h4H,3,5-6H2,1-2H3,(H,17,18). The van der Waals surface area contributed by atoms with Crippen LogP contribution in [0.1, 0.15) is 18.3 Å². The largest absolute Gasteiger partial charge is 0.480 e. The Morgan fingerprint density at radius 2 is 2.26 bits per heavy atom. The molecule has 1 N–H and O–H groups in total. The third-order valence-corrected chi connectivity index (χ3v) is 3.41. The van der Waals surface area contributed by atoms with E-state index in [-0.39, 0.29) is 6.54 Å². The van der Waals surface area contributed by atoms with Gasteiger partial charge in [-0.05, 0) is 30.3 Å². The Bertz CT molecular complexity index is 578. The van der Waals surface area contributed by atoms with E-state index < -0.39 is 5.97 Å². The van der Waals surface area contributed by atoms with E-state index in [1.54, 1.807) is 0 Å². The van der Waals surface area contributed by atoms with Gasteiger partial charge in [0.2, 0.25) is 5.16 Å². The molecule has 9 heteroatoms. The van der Waals surface area contributed by atoms with Crippen molar-refractivity contribution in [1.82, 2.24) is 30.0 Å². The van der Waals surface area contributed by atoms with E-state index in [0.717, 1.165) is 17.9 Å². The molecule has 0 aliphatic rings. The van der Waals surface area contributed by atoms with Crippen molar-refractivity contribution in [1.29, 1.82) is 0 Å². The first-order valence-electron chi connectivity index (χ1n) is 5.74. The number of aliphatic carboxylic acids is 1. The number of thioether (sulfide) groups is 1. The summed E-state index contributed by atoms with van der Waals surface area (Å²) >= 11 is 1.39. The van der Waals surface area contributed by atoms with Crippen molar-refractivity contribution in [3.05, 3.63) is 17.5 Å². The van der Waals surface area contributed by atoms with Gasteiger partial charge in [-0.3, -0.25) is 9.48 Å². The molecule has 2 rings (SSSR count). The molecule has 0 spiro atoms. The molecule has 0 saturated carbocycles. The van der Waals surface area contributed by atoms with E-state index in [0.29, 0.717) is 10.9 Å². The SMILES string of the molecule is CCn1nc(C)cc1CSc1nnnn1CC(=O)O. The molecule has 0 radical (unpaired) electrons. The summed E-state index contributed by atoms with van der Waals surface area (Å²) in [5, 5.41) is 24.5. The van der Waals surface area contributed by atoms with Crippen LogP contribution in [-0.4, -0.2) is 41.1 Å². The van der Waals surface area contributed by atoms with E-state index in [1.807, 2.05) is 24.6 Å². The van der Waals surface area contributed by atoms with Crippen LogP contribution in [0.3, 0.4) is 0 Å². The number of tetrazole rings is 1. The molecule has 0 bridgehead atoms. The maximum atomic E-state index is 10.7. The first kappa shape index (κ1) is 13.5. The Balaban J connectivity index is 2.06. The number of carboxylic acids is 1. The lowest BCUT2D eigenvalue weighted by Gasteiger charge is -2.04. The third-order valence-electron chi connectivity index (χ3n) is 2.42. The van der Waals surface area contributed by atoms with Gasteiger partial charge in [0.1, 0.15) is 6.54 Å². The molecule has 8 nitrogen and oxygen atoms in total. The molecule has 0 atom stereocenters. The molecule has 2 aromatic rings. The Morgan fingerprint density at radius 3 is 2.95 bits per heavy atom. The van der Waals surface area contributed by atoms with Crippen LogP contribution in [0.5, 0.6) is 0 Å². The summed E-state index contributed by atoms with van der Waals surface area (Å²) in [6.07, 6.45) is 0. The molecule has 0 unspecified atom stereocenters. The third kappa shape index (κ3) is 3.31. The van der Waals surface area contributed by atoms with E-state index in [4.69, 9.17) is 5.11 Å². The summed E-state index contributed by atoms with van der Waals surface area (Å²) in [5.74, 6) is -0.321. The first-order chi connectivity index (χ1) is 9.10. The quantitative estimate of drug-likeness (QED) is 0.773. The topological polar surface area (TPSA) is 98.7 Å². The van der Waals surface area contributed by atoms with Crippen molar-refractivity contribution in [2.24, 2.45) is 0 Å².